The molecule has 0 unspecified atom stereocenters. The Morgan fingerprint density at radius 1 is 1.31 bits per heavy atom. The third kappa shape index (κ3) is 2.18. The first kappa shape index (κ1) is 13.0. The zero-order valence-electron chi connectivity index (χ0n) is 9.81. The van der Waals surface area contributed by atoms with E-state index in [-0.39, 0.29) is 4.90 Å². The summed E-state index contributed by atoms with van der Waals surface area (Å²) in [6.45, 7) is 3.56. The number of nitrogen functional groups attached to an aromatic ring is 1. The number of nitrogens with two attached hydrogens (primary N) is 1. The van der Waals surface area contributed by atoms with Gasteiger partial charge in [0.05, 0.1) is 12.0 Å². The molecule has 90 valence electrons. The summed E-state index contributed by atoms with van der Waals surface area (Å²) in [5.41, 5.74) is 7.58. The highest BCUT2D eigenvalue weighted by Crippen LogP contribution is 2.24. The number of hydroxylamine groups is 1. The zero-order chi connectivity index (χ0) is 12.5. The fourth-order valence-corrected chi connectivity index (χ4v) is 2.66. The molecule has 0 atom stereocenters. The van der Waals surface area contributed by atoms with Gasteiger partial charge >= 0.3 is 0 Å². The molecule has 1 aromatic carbocycles. The summed E-state index contributed by atoms with van der Waals surface area (Å²) in [6.07, 6.45) is 0. The van der Waals surface area contributed by atoms with Crippen LogP contribution in [-0.2, 0) is 14.9 Å². The van der Waals surface area contributed by atoms with Gasteiger partial charge in [-0.15, -0.1) is 0 Å². The molecular formula is C10H16N2O3S. The topological polar surface area (TPSA) is 72.6 Å². The third-order valence-electron chi connectivity index (χ3n) is 2.52. The molecule has 0 amide bonds. The summed E-state index contributed by atoms with van der Waals surface area (Å²) in [6, 6.07) is 3.17. The average Bonchev–Trinajstić information content (AvgIpc) is 2.21. The van der Waals surface area contributed by atoms with Crippen molar-refractivity contribution in [2.75, 3.05) is 19.9 Å². The number of aryl methyl sites for hydroxylation is 1. The Balaban J connectivity index is 3.45. The van der Waals surface area contributed by atoms with Gasteiger partial charge in [-0.25, -0.2) is 8.42 Å². The molecule has 0 saturated carbocycles. The molecule has 0 radical (unpaired) electrons. The number of hydrogen-bond acceptors (Lipinski definition) is 4. The highest BCUT2D eigenvalue weighted by Gasteiger charge is 2.23. The summed E-state index contributed by atoms with van der Waals surface area (Å²) in [7, 11) is -0.995. The maximum absolute atomic E-state index is 12.0. The predicted octanol–water partition coefficient (Wildman–Crippen LogP) is 1.07. The molecule has 2 N–H and O–H groups in total. The van der Waals surface area contributed by atoms with Crippen LogP contribution in [0, 0.1) is 13.8 Å². The van der Waals surface area contributed by atoms with Gasteiger partial charge < -0.3 is 5.73 Å². The van der Waals surface area contributed by atoms with Gasteiger partial charge in [-0.1, -0.05) is 4.47 Å². The fraction of sp³-hybridized carbons (Fsp3) is 0.400. The fourth-order valence-electron chi connectivity index (χ4n) is 1.36. The SMILES string of the molecule is CON(C)S(=O)(=O)c1cc(N)cc(C)c1C. The van der Waals surface area contributed by atoms with Crippen molar-refractivity contribution in [3.8, 4) is 0 Å². The minimum Gasteiger partial charge on any atom is -0.399 e. The Morgan fingerprint density at radius 3 is 2.38 bits per heavy atom. The van der Waals surface area contributed by atoms with Crippen molar-refractivity contribution in [1.29, 1.82) is 0 Å². The quantitative estimate of drug-likeness (QED) is 0.637. The predicted molar refractivity (Wildman–Crippen MR) is 62.3 cm³/mol. The van der Waals surface area contributed by atoms with Gasteiger partial charge in [0.1, 0.15) is 0 Å². The molecular weight excluding hydrogens is 228 g/mol. The Kier molecular flexibility index (Phi) is 3.57. The van der Waals surface area contributed by atoms with E-state index in [0.29, 0.717) is 11.3 Å². The second-order valence-electron chi connectivity index (χ2n) is 3.56. The van der Waals surface area contributed by atoms with E-state index < -0.39 is 10.0 Å². The summed E-state index contributed by atoms with van der Waals surface area (Å²) in [4.78, 5) is 4.88. The van der Waals surface area contributed by atoms with Gasteiger partial charge in [0.2, 0.25) is 0 Å². The van der Waals surface area contributed by atoms with Crippen LogP contribution in [0.4, 0.5) is 5.69 Å². The van der Waals surface area contributed by atoms with Crippen LogP contribution in [0.1, 0.15) is 11.1 Å². The van der Waals surface area contributed by atoms with Gasteiger partial charge in [-0.2, -0.15) is 0 Å². The first-order valence-corrected chi connectivity index (χ1v) is 6.14. The van der Waals surface area contributed by atoms with Crippen LogP contribution >= 0.6 is 0 Å². The number of nitrogens with zero attached hydrogens (tertiary/aromatic N) is 1. The van der Waals surface area contributed by atoms with Crippen LogP contribution in [0.3, 0.4) is 0 Å². The molecule has 5 nitrogen and oxygen atoms in total. The molecule has 0 aromatic heterocycles. The van der Waals surface area contributed by atoms with Crippen molar-refractivity contribution in [3.05, 3.63) is 23.3 Å². The molecule has 0 aliphatic heterocycles. The number of anilines is 1. The second kappa shape index (κ2) is 4.40. The van der Waals surface area contributed by atoms with E-state index in [4.69, 9.17) is 10.6 Å². The second-order valence-corrected chi connectivity index (χ2v) is 5.46. The van der Waals surface area contributed by atoms with Gasteiger partial charge in [-0.05, 0) is 37.1 Å². The van der Waals surface area contributed by atoms with Crippen molar-refractivity contribution in [2.45, 2.75) is 18.7 Å². The van der Waals surface area contributed by atoms with Crippen molar-refractivity contribution in [1.82, 2.24) is 4.47 Å². The van der Waals surface area contributed by atoms with Gasteiger partial charge in [0, 0.05) is 12.7 Å². The minimum absolute atomic E-state index is 0.175. The highest BCUT2D eigenvalue weighted by molar-refractivity contribution is 7.89. The van der Waals surface area contributed by atoms with Gasteiger partial charge in [0.25, 0.3) is 10.0 Å². The van der Waals surface area contributed by atoms with Crippen LogP contribution in [0.5, 0.6) is 0 Å². The first-order valence-electron chi connectivity index (χ1n) is 4.70. The number of rotatable bonds is 3. The van der Waals surface area contributed by atoms with Crippen molar-refractivity contribution >= 4 is 15.7 Å². The van der Waals surface area contributed by atoms with E-state index >= 15 is 0 Å². The van der Waals surface area contributed by atoms with Crippen LogP contribution in [0.25, 0.3) is 0 Å². The maximum Gasteiger partial charge on any atom is 0.265 e. The van der Waals surface area contributed by atoms with Crippen LogP contribution < -0.4 is 5.73 Å². The Bertz CT molecular complexity index is 497. The summed E-state index contributed by atoms with van der Waals surface area (Å²) in [5.74, 6) is 0. The molecule has 6 heteroatoms. The number of sulfonamides is 1. The molecule has 16 heavy (non-hydrogen) atoms. The summed E-state index contributed by atoms with van der Waals surface area (Å²) in [5, 5.41) is 0. The van der Waals surface area contributed by atoms with E-state index in [2.05, 4.69) is 0 Å². The van der Waals surface area contributed by atoms with E-state index in [1.165, 1.54) is 20.2 Å². The molecule has 0 heterocycles. The molecule has 0 saturated heterocycles. The molecule has 0 spiro atoms. The highest BCUT2D eigenvalue weighted by atomic mass is 32.2. The lowest BCUT2D eigenvalue weighted by atomic mass is 10.1. The van der Waals surface area contributed by atoms with Crippen LogP contribution in [0.15, 0.2) is 17.0 Å². The van der Waals surface area contributed by atoms with Crippen molar-refractivity contribution < 1.29 is 13.3 Å². The molecule has 0 fully saturated rings. The Labute approximate surface area is 95.8 Å². The monoisotopic (exact) mass is 244 g/mol. The largest absolute Gasteiger partial charge is 0.399 e. The molecule has 0 aliphatic rings. The molecule has 1 rings (SSSR count). The van der Waals surface area contributed by atoms with Gasteiger partial charge in [0.15, 0.2) is 0 Å². The van der Waals surface area contributed by atoms with Crippen LogP contribution in [-0.4, -0.2) is 27.0 Å². The Hall–Kier alpha value is -1.11. The third-order valence-corrected chi connectivity index (χ3v) is 4.32. The smallest absolute Gasteiger partial charge is 0.265 e. The van der Waals surface area contributed by atoms with Gasteiger partial charge in [-0.3, -0.25) is 4.84 Å². The standard InChI is InChI=1S/C10H16N2O3S/c1-7-5-9(11)6-10(8(7)2)16(13,14)12(3)15-4/h5-6H,11H2,1-4H3. The minimum atomic E-state index is -3.63. The van der Waals surface area contributed by atoms with E-state index in [1.807, 2.05) is 6.92 Å². The maximum atomic E-state index is 12.0. The first-order chi connectivity index (χ1) is 7.30. The van der Waals surface area contributed by atoms with E-state index in [1.54, 1.807) is 13.0 Å². The van der Waals surface area contributed by atoms with E-state index in [9.17, 15) is 8.42 Å². The number of hydrogen-bond donors (Lipinski definition) is 1. The lowest BCUT2D eigenvalue weighted by molar-refractivity contribution is -0.0258. The summed E-state index contributed by atoms with van der Waals surface area (Å²) < 4.78 is 24.9. The molecule has 0 bridgehead atoms. The summed E-state index contributed by atoms with van der Waals surface area (Å²) >= 11 is 0. The van der Waals surface area contributed by atoms with Crippen LogP contribution in [0.2, 0.25) is 0 Å². The van der Waals surface area contributed by atoms with Crippen molar-refractivity contribution in [3.63, 3.8) is 0 Å². The van der Waals surface area contributed by atoms with Crippen molar-refractivity contribution in [2.24, 2.45) is 0 Å². The zero-order valence-corrected chi connectivity index (χ0v) is 10.6. The Morgan fingerprint density at radius 2 is 1.88 bits per heavy atom. The molecule has 0 aliphatic carbocycles. The molecule has 1 aromatic rings. The van der Waals surface area contributed by atoms with E-state index in [0.717, 1.165) is 10.0 Å². The number of benzene rings is 1. The lowest BCUT2D eigenvalue weighted by Gasteiger charge is -2.17. The normalized spacial score (nSPS) is 12.1. The average molecular weight is 244 g/mol. The lowest BCUT2D eigenvalue weighted by Crippen LogP contribution is -2.26.